The Labute approximate surface area is 233 Å². The minimum atomic E-state index is -0.659. The van der Waals surface area contributed by atoms with Crippen molar-refractivity contribution in [1.29, 1.82) is 0 Å². The number of benzene rings is 2. The minimum absolute atomic E-state index is 0.141. The van der Waals surface area contributed by atoms with E-state index in [1.165, 1.54) is 4.90 Å². The number of aliphatic hydroxyl groups is 1. The van der Waals surface area contributed by atoms with E-state index in [2.05, 4.69) is 10.1 Å². The number of amides is 1. The number of fused-ring (bicyclic) bond motifs is 1. The number of carbonyl (C=O) groups is 1. The Morgan fingerprint density at radius 1 is 0.950 bits per heavy atom. The van der Waals surface area contributed by atoms with Crippen molar-refractivity contribution in [1.82, 2.24) is 24.6 Å². The van der Waals surface area contributed by atoms with Gasteiger partial charge in [0.25, 0.3) is 0 Å². The molecule has 11 heteroatoms. The van der Waals surface area contributed by atoms with Gasteiger partial charge < -0.3 is 29.1 Å². The van der Waals surface area contributed by atoms with E-state index in [1.54, 1.807) is 37.4 Å². The molecule has 0 aliphatic carbocycles. The summed E-state index contributed by atoms with van der Waals surface area (Å²) in [6.07, 6.45) is 4.88. The molecule has 0 saturated heterocycles. The van der Waals surface area contributed by atoms with Crippen molar-refractivity contribution in [2.75, 3.05) is 45.4 Å². The first-order valence-corrected chi connectivity index (χ1v) is 13.0. The third-order valence-electron chi connectivity index (χ3n) is 6.10. The minimum Gasteiger partial charge on any atom is -0.497 e. The standard InChI is InChI=1S/C29H36N6O5/c1-29(2,3)40-28(37)34(11-12-36)9-10-35(22-13-23(38-5)16-24(14-22)39-6)21-7-8-25-26(15-21)32-27(18-30-25)20-17-31-33(4)19-20/h7-8,13-19,36H,9-12H2,1-6H3. The molecule has 4 aromatic rings. The highest BCUT2D eigenvalue weighted by atomic mass is 16.6. The summed E-state index contributed by atoms with van der Waals surface area (Å²) in [5.74, 6) is 1.25. The highest BCUT2D eigenvalue weighted by Gasteiger charge is 2.23. The number of aryl methyl sites for hydroxylation is 1. The molecule has 0 fully saturated rings. The zero-order chi connectivity index (χ0) is 28.9. The quantitative estimate of drug-likeness (QED) is 0.308. The predicted molar refractivity (Wildman–Crippen MR) is 153 cm³/mol. The fraction of sp³-hybridized carbons (Fsp3) is 0.379. The normalized spacial score (nSPS) is 11.4. The molecule has 0 saturated carbocycles. The molecule has 0 atom stereocenters. The lowest BCUT2D eigenvalue weighted by Crippen LogP contribution is -2.42. The van der Waals surface area contributed by atoms with Gasteiger partial charge in [-0.3, -0.25) is 9.67 Å². The second kappa shape index (κ2) is 12.2. The van der Waals surface area contributed by atoms with Crippen molar-refractivity contribution < 1.29 is 24.1 Å². The highest BCUT2D eigenvalue weighted by molar-refractivity contribution is 5.83. The summed E-state index contributed by atoms with van der Waals surface area (Å²) in [4.78, 5) is 25.9. The fourth-order valence-electron chi connectivity index (χ4n) is 4.18. The lowest BCUT2D eigenvalue weighted by molar-refractivity contribution is 0.0225. The average molecular weight is 549 g/mol. The molecule has 0 bridgehead atoms. The maximum atomic E-state index is 12.9. The summed E-state index contributed by atoms with van der Waals surface area (Å²) < 4.78 is 18.3. The van der Waals surface area contributed by atoms with Crippen LogP contribution in [0.1, 0.15) is 20.8 Å². The first-order chi connectivity index (χ1) is 19.1. The third-order valence-corrected chi connectivity index (χ3v) is 6.10. The van der Waals surface area contributed by atoms with E-state index in [9.17, 15) is 9.90 Å². The summed E-state index contributed by atoms with van der Waals surface area (Å²) >= 11 is 0. The van der Waals surface area contributed by atoms with Crippen molar-refractivity contribution in [2.24, 2.45) is 7.05 Å². The summed E-state index contributed by atoms with van der Waals surface area (Å²) in [5, 5.41) is 13.9. The molecule has 0 aliphatic rings. The van der Waals surface area contributed by atoms with Gasteiger partial charge in [0, 0.05) is 68.0 Å². The van der Waals surface area contributed by atoms with E-state index in [0.29, 0.717) is 29.3 Å². The SMILES string of the molecule is COc1cc(OC)cc(N(CCN(CCO)C(=O)OC(C)(C)C)c2ccc3ncc(-c4cnn(C)c4)nc3c2)c1. The first kappa shape index (κ1) is 28.6. The molecule has 40 heavy (non-hydrogen) atoms. The van der Waals surface area contributed by atoms with Gasteiger partial charge in [-0.25, -0.2) is 9.78 Å². The smallest absolute Gasteiger partial charge is 0.410 e. The maximum Gasteiger partial charge on any atom is 0.410 e. The van der Waals surface area contributed by atoms with Crippen LogP contribution in [0.2, 0.25) is 0 Å². The van der Waals surface area contributed by atoms with Gasteiger partial charge in [0.1, 0.15) is 17.1 Å². The summed E-state index contributed by atoms with van der Waals surface area (Å²) in [7, 11) is 5.05. The zero-order valence-electron chi connectivity index (χ0n) is 23.8. The molecular weight excluding hydrogens is 512 g/mol. The molecule has 1 N–H and O–H groups in total. The number of methoxy groups -OCH3 is 2. The predicted octanol–water partition coefficient (Wildman–Crippen LogP) is 4.42. The highest BCUT2D eigenvalue weighted by Crippen LogP contribution is 2.34. The van der Waals surface area contributed by atoms with E-state index < -0.39 is 11.7 Å². The Hall–Kier alpha value is -4.38. The molecule has 4 rings (SSSR count). The molecule has 1 amide bonds. The van der Waals surface area contributed by atoms with Crippen LogP contribution in [-0.4, -0.2) is 81.9 Å². The summed E-state index contributed by atoms with van der Waals surface area (Å²) in [6.45, 7) is 6.06. The number of hydrogen-bond donors (Lipinski definition) is 1. The number of aromatic nitrogens is 4. The molecule has 0 unspecified atom stereocenters. The van der Waals surface area contributed by atoms with Gasteiger partial charge >= 0.3 is 6.09 Å². The van der Waals surface area contributed by atoms with Crippen LogP contribution < -0.4 is 14.4 Å². The molecule has 212 valence electrons. The molecule has 0 spiro atoms. The van der Waals surface area contributed by atoms with Gasteiger partial charge in [0.2, 0.25) is 0 Å². The molecule has 2 heterocycles. The number of nitrogens with zero attached hydrogens (tertiary/aromatic N) is 6. The topological polar surface area (TPSA) is 115 Å². The average Bonchev–Trinajstić information content (AvgIpc) is 3.37. The van der Waals surface area contributed by atoms with Crippen molar-refractivity contribution in [2.45, 2.75) is 26.4 Å². The number of ether oxygens (including phenoxy) is 3. The van der Waals surface area contributed by atoms with Crippen molar-refractivity contribution in [3.63, 3.8) is 0 Å². The number of aliphatic hydroxyl groups excluding tert-OH is 1. The molecule has 0 radical (unpaired) electrons. The molecule has 11 nitrogen and oxygen atoms in total. The molecule has 0 aliphatic heterocycles. The zero-order valence-corrected chi connectivity index (χ0v) is 23.8. The van der Waals surface area contributed by atoms with Crippen LogP contribution in [0.25, 0.3) is 22.3 Å². The van der Waals surface area contributed by atoms with Crippen LogP contribution in [0.3, 0.4) is 0 Å². The van der Waals surface area contributed by atoms with Crippen LogP contribution in [0.5, 0.6) is 11.5 Å². The van der Waals surface area contributed by atoms with Gasteiger partial charge in [0.15, 0.2) is 0 Å². The lowest BCUT2D eigenvalue weighted by Gasteiger charge is -2.31. The van der Waals surface area contributed by atoms with E-state index in [1.807, 2.05) is 69.2 Å². The number of anilines is 2. The Bertz CT molecular complexity index is 1440. The van der Waals surface area contributed by atoms with Crippen molar-refractivity contribution in [3.8, 4) is 22.8 Å². The number of carbonyl (C=O) groups excluding carboxylic acids is 1. The van der Waals surface area contributed by atoms with Gasteiger partial charge in [-0.2, -0.15) is 5.10 Å². The van der Waals surface area contributed by atoms with E-state index >= 15 is 0 Å². The lowest BCUT2D eigenvalue weighted by atomic mass is 10.2. The number of hydrogen-bond acceptors (Lipinski definition) is 9. The van der Waals surface area contributed by atoms with Crippen LogP contribution >= 0.6 is 0 Å². The third kappa shape index (κ3) is 6.97. The maximum absolute atomic E-state index is 12.9. The van der Waals surface area contributed by atoms with Crippen LogP contribution in [-0.2, 0) is 11.8 Å². The van der Waals surface area contributed by atoms with E-state index in [4.69, 9.17) is 19.2 Å². The van der Waals surface area contributed by atoms with Gasteiger partial charge in [-0.05, 0) is 39.0 Å². The Morgan fingerprint density at radius 3 is 2.27 bits per heavy atom. The van der Waals surface area contributed by atoms with E-state index in [-0.39, 0.29) is 19.7 Å². The molecular formula is C29H36N6O5. The van der Waals surface area contributed by atoms with Crippen LogP contribution in [0, 0.1) is 0 Å². The largest absolute Gasteiger partial charge is 0.497 e. The molecule has 2 aromatic heterocycles. The van der Waals surface area contributed by atoms with Crippen LogP contribution in [0.15, 0.2) is 55.0 Å². The van der Waals surface area contributed by atoms with E-state index in [0.717, 1.165) is 22.5 Å². The Balaban J connectivity index is 1.74. The molecule has 2 aromatic carbocycles. The summed E-state index contributed by atoms with van der Waals surface area (Å²) in [5.41, 5.74) is 4.00. The second-order valence-electron chi connectivity index (χ2n) is 10.2. The Morgan fingerprint density at radius 2 is 1.68 bits per heavy atom. The number of rotatable bonds is 10. The van der Waals surface area contributed by atoms with Crippen LogP contribution in [0.4, 0.5) is 16.2 Å². The fourth-order valence-corrected chi connectivity index (χ4v) is 4.18. The van der Waals surface area contributed by atoms with Gasteiger partial charge in [-0.15, -0.1) is 0 Å². The van der Waals surface area contributed by atoms with Crippen molar-refractivity contribution in [3.05, 3.63) is 55.0 Å². The van der Waals surface area contributed by atoms with Gasteiger partial charge in [0.05, 0.1) is 49.9 Å². The monoisotopic (exact) mass is 548 g/mol. The second-order valence-corrected chi connectivity index (χ2v) is 10.2. The first-order valence-electron chi connectivity index (χ1n) is 13.0. The van der Waals surface area contributed by atoms with Crippen molar-refractivity contribution >= 4 is 28.5 Å². The summed E-state index contributed by atoms with van der Waals surface area (Å²) in [6, 6.07) is 11.4. The van der Waals surface area contributed by atoms with Gasteiger partial charge in [-0.1, -0.05) is 0 Å². The Kier molecular flexibility index (Phi) is 8.73.